The Morgan fingerprint density at radius 3 is 2.67 bits per heavy atom. The Labute approximate surface area is 196 Å². The molecule has 0 radical (unpaired) electrons. The summed E-state index contributed by atoms with van der Waals surface area (Å²) < 4.78 is 5.73. The van der Waals surface area contributed by atoms with Gasteiger partial charge in [0.05, 0.1) is 5.41 Å². The summed E-state index contributed by atoms with van der Waals surface area (Å²) >= 11 is 0. The van der Waals surface area contributed by atoms with E-state index < -0.39 is 5.41 Å². The third kappa shape index (κ3) is 5.44. The first-order valence-corrected chi connectivity index (χ1v) is 12.3. The third-order valence-corrected chi connectivity index (χ3v) is 7.02. The summed E-state index contributed by atoms with van der Waals surface area (Å²) in [5, 5.41) is 3.15. The normalized spacial score (nSPS) is 20.3. The summed E-state index contributed by atoms with van der Waals surface area (Å²) in [4.78, 5) is 32.6. The van der Waals surface area contributed by atoms with Gasteiger partial charge in [-0.1, -0.05) is 37.3 Å². The van der Waals surface area contributed by atoms with E-state index in [4.69, 9.17) is 4.74 Å². The van der Waals surface area contributed by atoms with Gasteiger partial charge >= 0.3 is 0 Å². The third-order valence-electron chi connectivity index (χ3n) is 7.02. The minimum Gasteiger partial charge on any atom is -0.368 e. The van der Waals surface area contributed by atoms with Gasteiger partial charge in [-0.15, -0.1) is 0 Å². The largest absolute Gasteiger partial charge is 0.368 e. The Balaban J connectivity index is 1.55. The van der Waals surface area contributed by atoms with Crippen LogP contribution in [0.2, 0.25) is 0 Å². The van der Waals surface area contributed by atoms with E-state index in [0.717, 1.165) is 42.4 Å². The number of aromatic nitrogens is 1. The molecule has 0 saturated carbocycles. The second kappa shape index (κ2) is 10.9. The van der Waals surface area contributed by atoms with Crippen LogP contribution in [0.1, 0.15) is 51.0 Å². The van der Waals surface area contributed by atoms with Crippen LogP contribution in [0.4, 0.5) is 0 Å². The molecule has 1 unspecified atom stereocenters. The molecule has 6 heteroatoms. The Kier molecular flexibility index (Phi) is 7.76. The molecule has 0 aliphatic carbocycles. The first-order chi connectivity index (χ1) is 16.1. The SMILES string of the molecule is CCCNC(=O)C1(Cc2ccccc2-c2cccnc2)CCN(C(=O)C2CCCCO2)CC1. The number of pyridine rings is 1. The molecule has 4 rings (SSSR count). The summed E-state index contributed by atoms with van der Waals surface area (Å²) in [7, 11) is 0. The first kappa shape index (κ1) is 23.4. The van der Waals surface area contributed by atoms with Gasteiger partial charge in [0.15, 0.2) is 0 Å². The van der Waals surface area contributed by atoms with Gasteiger partial charge in [0.1, 0.15) is 6.10 Å². The number of hydrogen-bond donors (Lipinski definition) is 1. The van der Waals surface area contributed by atoms with Crippen molar-refractivity contribution in [2.75, 3.05) is 26.2 Å². The van der Waals surface area contributed by atoms with Crippen LogP contribution in [0, 0.1) is 5.41 Å². The van der Waals surface area contributed by atoms with E-state index in [1.165, 1.54) is 0 Å². The Hall–Kier alpha value is -2.73. The smallest absolute Gasteiger partial charge is 0.251 e. The van der Waals surface area contributed by atoms with E-state index in [-0.39, 0.29) is 17.9 Å². The number of rotatable bonds is 7. The van der Waals surface area contributed by atoms with Crippen molar-refractivity contribution >= 4 is 11.8 Å². The monoisotopic (exact) mass is 449 g/mol. The van der Waals surface area contributed by atoms with Gasteiger partial charge in [-0.25, -0.2) is 0 Å². The highest BCUT2D eigenvalue weighted by Gasteiger charge is 2.43. The lowest BCUT2D eigenvalue weighted by molar-refractivity contribution is -0.151. The number of piperidine rings is 1. The zero-order valence-corrected chi connectivity index (χ0v) is 19.6. The fourth-order valence-corrected chi connectivity index (χ4v) is 5.05. The topological polar surface area (TPSA) is 71.5 Å². The van der Waals surface area contributed by atoms with Crippen molar-refractivity contribution < 1.29 is 14.3 Å². The maximum absolute atomic E-state index is 13.5. The minimum absolute atomic E-state index is 0.0908. The molecule has 2 aromatic rings. The zero-order chi connectivity index (χ0) is 23.1. The van der Waals surface area contributed by atoms with Crippen LogP contribution in [-0.2, 0) is 20.7 Å². The molecule has 2 amide bonds. The average Bonchev–Trinajstić information content (AvgIpc) is 2.88. The maximum Gasteiger partial charge on any atom is 0.251 e. The number of carbonyl (C=O) groups is 2. The molecular weight excluding hydrogens is 414 g/mol. The van der Waals surface area contributed by atoms with Crippen LogP contribution in [0.5, 0.6) is 0 Å². The molecule has 2 saturated heterocycles. The molecular formula is C27H35N3O3. The Morgan fingerprint density at radius 1 is 1.15 bits per heavy atom. The standard InChI is InChI=1S/C27H35N3O3/c1-2-14-29-26(32)27(12-16-30(17-13-27)25(31)24-11-5-6-18-33-24)19-21-8-3-4-10-23(21)22-9-7-15-28-20-22/h3-4,7-10,15,20,24H,2,5-6,11-14,16-19H2,1H3,(H,29,32). The number of ether oxygens (including phenoxy) is 1. The highest BCUT2D eigenvalue weighted by molar-refractivity contribution is 5.85. The second-order valence-electron chi connectivity index (χ2n) is 9.29. The molecule has 1 aromatic heterocycles. The lowest BCUT2D eigenvalue weighted by atomic mass is 9.72. The van der Waals surface area contributed by atoms with Crippen LogP contribution >= 0.6 is 0 Å². The summed E-state index contributed by atoms with van der Waals surface area (Å²) in [6.07, 6.45) is 9.06. The van der Waals surface area contributed by atoms with Gasteiger partial charge < -0.3 is 15.0 Å². The van der Waals surface area contributed by atoms with Crippen LogP contribution < -0.4 is 5.32 Å². The van der Waals surface area contributed by atoms with Gasteiger partial charge in [-0.2, -0.15) is 0 Å². The van der Waals surface area contributed by atoms with E-state index >= 15 is 0 Å². The number of nitrogens with zero attached hydrogens (tertiary/aromatic N) is 2. The molecule has 0 spiro atoms. The number of amides is 2. The minimum atomic E-state index is -0.530. The Bertz CT molecular complexity index is 933. The lowest BCUT2D eigenvalue weighted by Crippen LogP contribution is -2.53. The highest BCUT2D eigenvalue weighted by atomic mass is 16.5. The lowest BCUT2D eigenvalue weighted by Gasteiger charge is -2.42. The van der Waals surface area contributed by atoms with Gasteiger partial charge in [0, 0.05) is 44.2 Å². The summed E-state index contributed by atoms with van der Waals surface area (Å²) in [5.74, 6) is 0.194. The molecule has 1 aromatic carbocycles. The van der Waals surface area contributed by atoms with E-state index in [1.807, 2.05) is 29.3 Å². The Morgan fingerprint density at radius 2 is 1.97 bits per heavy atom. The number of nitrogens with one attached hydrogen (secondary N) is 1. The first-order valence-electron chi connectivity index (χ1n) is 12.3. The molecule has 2 aliphatic heterocycles. The van der Waals surface area contributed by atoms with Crippen molar-refractivity contribution in [3.63, 3.8) is 0 Å². The van der Waals surface area contributed by atoms with Crippen molar-refractivity contribution in [1.29, 1.82) is 0 Å². The molecule has 0 bridgehead atoms. The predicted octanol–water partition coefficient (Wildman–Crippen LogP) is 4.00. The van der Waals surface area contributed by atoms with Crippen LogP contribution in [-0.4, -0.2) is 54.0 Å². The van der Waals surface area contributed by atoms with Gasteiger partial charge in [-0.3, -0.25) is 14.6 Å². The number of carbonyl (C=O) groups excluding carboxylic acids is 2. The van der Waals surface area contributed by atoms with Gasteiger partial charge in [0.2, 0.25) is 5.91 Å². The average molecular weight is 450 g/mol. The van der Waals surface area contributed by atoms with Crippen LogP contribution in [0.3, 0.4) is 0 Å². The van der Waals surface area contributed by atoms with Gasteiger partial charge in [0.25, 0.3) is 5.91 Å². The molecule has 2 fully saturated rings. The van der Waals surface area contributed by atoms with E-state index in [2.05, 4.69) is 35.4 Å². The van der Waals surface area contributed by atoms with Crippen LogP contribution in [0.25, 0.3) is 11.1 Å². The molecule has 6 nitrogen and oxygen atoms in total. The summed E-state index contributed by atoms with van der Waals surface area (Å²) in [5.41, 5.74) is 2.78. The van der Waals surface area contributed by atoms with Crippen LogP contribution in [0.15, 0.2) is 48.8 Å². The molecule has 33 heavy (non-hydrogen) atoms. The number of likely N-dealkylation sites (tertiary alicyclic amines) is 1. The van der Waals surface area contributed by atoms with E-state index in [1.54, 1.807) is 6.20 Å². The molecule has 176 valence electrons. The molecule has 1 N–H and O–H groups in total. The summed E-state index contributed by atoms with van der Waals surface area (Å²) in [6.45, 7) is 4.58. The summed E-state index contributed by atoms with van der Waals surface area (Å²) in [6, 6.07) is 12.3. The maximum atomic E-state index is 13.5. The fourth-order valence-electron chi connectivity index (χ4n) is 5.05. The highest BCUT2D eigenvalue weighted by Crippen LogP contribution is 2.38. The zero-order valence-electron chi connectivity index (χ0n) is 19.6. The van der Waals surface area contributed by atoms with E-state index in [0.29, 0.717) is 45.5 Å². The van der Waals surface area contributed by atoms with E-state index in [9.17, 15) is 9.59 Å². The van der Waals surface area contributed by atoms with Crippen molar-refractivity contribution in [3.05, 3.63) is 54.4 Å². The number of hydrogen-bond acceptors (Lipinski definition) is 4. The van der Waals surface area contributed by atoms with Crippen molar-refractivity contribution in [1.82, 2.24) is 15.2 Å². The second-order valence-corrected chi connectivity index (χ2v) is 9.29. The van der Waals surface area contributed by atoms with Crippen molar-refractivity contribution in [2.45, 2.75) is 58.0 Å². The molecule has 3 heterocycles. The van der Waals surface area contributed by atoms with Crippen molar-refractivity contribution in [3.8, 4) is 11.1 Å². The molecule has 2 aliphatic rings. The van der Waals surface area contributed by atoms with Gasteiger partial charge in [-0.05, 0) is 62.1 Å². The predicted molar refractivity (Wildman–Crippen MR) is 129 cm³/mol. The quantitative estimate of drug-likeness (QED) is 0.694. The van der Waals surface area contributed by atoms with Crippen molar-refractivity contribution in [2.24, 2.45) is 5.41 Å². The number of benzene rings is 1. The molecule has 1 atom stereocenters. The fraction of sp³-hybridized carbons (Fsp3) is 0.519.